The number of hydrogen-bond acceptors (Lipinski definition) is 4. The molecule has 0 unspecified atom stereocenters. The van der Waals surface area contributed by atoms with Crippen LogP contribution in [0.25, 0.3) is 0 Å². The Bertz CT molecular complexity index is 770. The zero-order valence-electron chi connectivity index (χ0n) is 17.9. The van der Waals surface area contributed by atoms with Gasteiger partial charge in [-0.2, -0.15) is 0 Å². The van der Waals surface area contributed by atoms with E-state index in [4.69, 9.17) is 9.15 Å². The summed E-state index contributed by atoms with van der Waals surface area (Å²) >= 11 is 0. The maximum absolute atomic E-state index is 13.1. The lowest BCUT2D eigenvalue weighted by Crippen LogP contribution is -2.45. The minimum absolute atomic E-state index is 0.0366. The third-order valence-corrected chi connectivity index (χ3v) is 4.71. The van der Waals surface area contributed by atoms with E-state index in [0.717, 1.165) is 23.5 Å². The molecule has 2 aromatic rings. The number of nitrogens with zero attached hydrogens (tertiary/aromatic N) is 2. The molecule has 0 fully saturated rings. The average molecular weight is 401 g/mol. The molecule has 2 amide bonds. The Morgan fingerprint density at radius 1 is 1.03 bits per heavy atom. The highest BCUT2D eigenvalue weighted by molar-refractivity contribution is 5.85. The number of amides is 2. The van der Waals surface area contributed by atoms with Crippen molar-refractivity contribution in [3.05, 3.63) is 59.5 Å². The third-order valence-electron chi connectivity index (χ3n) is 4.71. The van der Waals surface area contributed by atoms with Gasteiger partial charge in [-0.25, -0.2) is 0 Å². The van der Waals surface area contributed by atoms with Crippen LogP contribution in [0, 0.1) is 12.8 Å². The van der Waals surface area contributed by atoms with Crippen LogP contribution in [-0.2, 0) is 27.3 Å². The van der Waals surface area contributed by atoms with E-state index in [-0.39, 0.29) is 24.3 Å². The molecule has 0 atom stereocenters. The van der Waals surface area contributed by atoms with Crippen molar-refractivity contribution < 1.29 is 18.7 Å². The minimum Gasteiger partial charge on any atom is -0.464 e. The number of benzene rings is 1. The maximum Gasteiger partial charge on any atom is 0.242 e. The van der Waals surface area contributed by atoms with Crippen LogP contribution in [0.1, 0.15) is 30.9 Å². The van der Waals surface area contributed by atoms with Gasteiger partial charge >= 0.3 is 0 Å². The molecule has 1 aromatic heterocycles. The second-order valence-corrected chi connectivity index (χ2v) is 7.47. The number of furan rings is 1. The molecule has 0 saturated carbocycles. The van der Waals surface area contributed by atoms with Gasteiger partial charge in [-0.3, -0.25) is 9.59 Å². The summed E-state index contributed by atoms with van der Waals surface area (Å²) in [6, 6.07) is 13.8. The molecule has 0 saturated heterocycles. The topological polar surface area (TPSA) is 63.0 Å². The molecular weight excluding hydrogens is 368 g/mol. The maximum atomic E-state index is 13.1. The number of ether oxygens (including phenoxy) is 1. The first-order chi connectivity index (χ1) is 13.9. The molecule has 6 nitrogen and oxygen atoms in total. The normalized spacial score (nSPS) is 10.9. The average Bonchev–Trinajstić information content (AvgIpc) is 3.13. The Morgan fingerprint density at radius 3 is 2.34 bits per heavy atom. The van der Waals surface area contributed by atoms with Crippen molar-refractivity contribution in [3.8, 4) is 0 Å². The van der Waals surface area contributed by atoms with E-state index in [1.54, 1.807) is 16.9 Å². The van der Waals surface area contributed by atoms with Gasteiger partial charge in [0.25, 0.3) is 0 Å². The number of rotatable bonds is 11. The predicted octanol–water partition coefficient (Wildman–Crippen LogP) is 3.29. The van der Waals surface area contributed by atoms with Crippen LogP contribution in [0.5, 0.6) is 0 Å². The number of carbonyl (C=O) groups excluding carboxylic acids is 2. The molecule has 158 valence electrons. The summed E-state index contributed by atoms with van der Waals surface area (Å²) in [5.41, 5.74) is 1.16. The molecule has 0 N–H and O–H groups in total. The molecule has 0 bridgehead atoms. The summed E-state index contributed by atoms with van der Waals surface area (Å²) in [4.78, 5) is 29.0. The zero-order valence-corrected chi connectivity index (χ0v) is 17.9. The third kappa shape index (κ3) is 7.38. The van der Waals surface area contributed by atoms with Crippen molar-refractivity contribution in [1.29, 1.82) is 0 Å². The first-order valence-corrected chi connectivity index (χ1v) is 10.1. The van der Waals surface area contributed by atoms with Crippen LogP contribution in [-0.4, -0.2) is 55.0 Å². The summed E-state index contributed by atoms with van der Waals surface area (Å²) in [6.45, 7) is 7.32. The zero-order chi connectivity index (χ0) is 21.2. The van der Waals surface area contributed by atoms with Crippen molar-refractivity contribution in [2.45, 2.75) is 33.7 Å². The van der Waals surface area contributed by atoms with Crippen LogP contribution in [0.15, 0.2) is 46.9 Å². The molecule has 0 aliphatic rings. The van der Waals surface area contributed by atoms with Crippen LogP contribution >= 0.6 is 0 Å². The molecule has 0 aliphatic carbocycles. The Balaban J connectivity index is 2.11. The smallest absolute Gasteiger partial charge is 0.242 e. The molecule has 1 heterocycles. The first-order valence-electron chi connectivity index (χ1n) is 10.1. The van der Waals surface area contributed by atoms with E-state index in [9.17, 15) is 9.59 Å². The fraction of sp³-hybridized carbons (Fsp3) is 0.478. The largest absolute Gasteiger partial charge is 0.464 e. The van der Waals surface area contributed by atoms with Crippen LogP contribution in [0.3, 0.4) is 0 Å². The number of aryl methyl sites for hydroxylation is 1. The summed E-state index contributed by atoms with van der Waals surface area (Å²) in [5, 5.41) is 0. The van der Waals surface area contributed by atoms with Gasteiger partial charge in [0.15, 0.2) is 0 Å². The highest BCUT2D eigenvalue weighted by Gasteiger charge is 2.23. The Morgan fingerprint density at radius 2 is 1.76 bits per heavy atom. The van der Waals surface area contributed by atoms with Gasteiger partial charge in [0.1, 0.15) is 11.5 Å². The van der Waals surface area contributed by atoms with Gasteiger partial charge in [0, 0.05) is 26.1 Å². The fourth-order valence-corrected chi connectivity index (χ4v) is 3.06. The van der Waals surface area contributed by atoms with Crippen LogP contribution in [0.2, 0.25) is 0 Å². The summed E-state index contributed by atoms with van der Waals surface area (Å²) in [7, 11) is 1.59. The fourth-order valence-electron chi connectivity index (χ4n) is 3.06. The molecule has 1 aromatic carbocycles. The van der Waals surface area contributed by atoms with Crippen molar-refractivity contribution in [2.75, 3.05) is 33.4 Å². The Kier molecular flexibility index (Phi) is 8.93. The van der Waals surface area contributed by atoms with Crippen LogP contribution < -0.4 is 0 Å². The second-order valence-electron chi connectivity index (χ2n) is 7.47. The van der Waals surface area contributed by atoms with Gasteiger partial charge in [0.2, 0.25) is 11.8 Å². The summed E-state index contributed by atoms with van der Waals surface area (Å²) < 4.78 is 10.8. The van der Waals surface area contributed by atoms with Gasteiger partial charge < -0.3 is 19.0 Å². The van der Waals surface area contributed by atoms with Crippen molar-refractivity contribution in [3.63, 3.8) is 0 Å². The van der Waals surface area contributed by atoms with Gasteiger partial charge in [-0.05, 0) is 31.0 Å². The molecule has 29 heavy (non-hydrogen) atoms. The Labute approximate surface area is 173 Å². The van der Waals surface area contributed by atoms with Crippen molar-refractivity contribution in [1.82, 2.24) is 9.80 Å². The lowest BCUT2D eigenvalue weighted by molar-refractivity contribution is -0.143. The molecular formula is C23H32N2O4. The lowest BCUT2D eigenvalue weighted by Gasteiger charge is -2.28. The van der Waals surface area contributed by atoms with Gasteiger partial charge in [-0.1, -0.05) is 44.2 Å². The van der Waals surface area contributed by atoms with E-state index in [1.807, 2.05) is 63.2 Å². The molecule has 0 spiro atoms. The van der Waals surface area contributed by atoms with Crippen molar-refractivity contribution in [2.24, 2.45) is 5.92 Å². The number of carbonyl (C=O) groups is 2. The molecule has 2 rings (SSSR count). The highest BCUT2D eigenvalue weighted by atomic mass is 16.5. The molecule has 6 heteroatoms. The summed E-state index contributed by atoms with van der Waals surface area (Å²) in [6.07, 6.45) is 0.739. The standard InChI is InChI=1S/C23H32N2O4/c1-18(2)23(27)25(14-15-28-4)17-22(26)24(16-21-11-10-19(3)29-21)13-12-20-8-6-5-7-9-20/h5-11,18H,12-17H2,1-4H3. The number of hydrogen-bond donors (Lipinski definition) is 0. The monoisotopic (exact) mass is 400 g/mol. The number of methoxy groups -OCH3 is 1. The molecule has 0 aliphatic heterocycles. The van der Waals surface area contributed by atoms with E-state index in [1.165, 1.54) is 0 Å². The van der Waals surface area contributed by atoms with Crippen LogP contribution in [0.4, 0.5) is 0 Å². The lowest BCUT2D eigenvalue weighted by atomic mass is 10.1. The second kappa shape index (κ2) is 11.4. The van der Waals surface area contributed by atoms with Crippen molar-refractivity contribution >= 4 is 11.8 Å². The summed E-state index contributed by atoms with van der Waals surface area (Å²) in [5.74, 6) is 1.23. The Hall–Kier alpha value is -2.60. The quantitative estimate of drug-likeness (QED) is 0.581. The van der Waals surface area contributed by atoms with E-state index in [0.29, 0.717) is 26.2 Å². The van der Waals surface area contributed by atoms with E-state index >= 15 is 0 Å². The van der Waals surface area contributed by atoms with Gasteiger partial charge in [0.05, 0.1) is 19.7 Å². The first kappa shape index (κ1) is 22.7. The predicted molar refractivity (Wildman–Crippen MR) is 112 cm³/mol. The molecule has 0 radical (unpaired) electrons. The minimum atomic E-state index is -0.176. The highest BCUT2D eigenvalue weighted by Crippen LogP contribution is 2.12. The van der Waals surface area contributed by atoms with E-state index < -0.39 is 0 Å². The van der Waals surface area contributed by atoms with Gasteiger partial charge in [-0.15, -0.1) is 0 Å². The SMILES string of the molecule is COCCN(CC(=O)N(CCc1ccccc1)Cc1ccc(C)o1)C(=O)C(C)C. The van der Waals surface area contributed by atoms with E-state index in [2.05, 4.69) is 0 Å².